The van der Waals surface area contributed by atoms with E-state index in [1.165, 1.54) is 12.8 Å². The van der Waals surface area contributed by atoms with E-state index < -0.39 is 0 Å². The summed E-state index contributed by atoms with van der Waals surface area (Å²) < 4.78 is 0. The predicted molar refractivity (Wildman–Crippen MR) is 51.6 cm³/mol. The molecule has 2 aliphatic rings. The first-order valence-electron chi connectivity index (χ1n) is 5.35. The maximum atomic E-state index is 11.6. The van der Waals surface area contributed by atoms with E-state index in [0.717, 1.165) is 12.8 Å². The van der Waals surface area contributed by atoms with E-state index in [-0.39, 0.29) is 17.9 Å². The molecule has 78 valence electrons. The van der Waals surface area contributed by atoms with Crippen LogP contribution in [0.15, 0.2) is 0 Å². The smallest absolute Gasteiger partial charge is 0.242 e. The molecule has 1 heterocycles. The van der Waals surface area contributed by atoms with Gasteiger partial charge in [-0.05, 0) is 19.3 Å². The lowest BCUT2D eigenvalue weighted by Gasteiger charge is -2.15. The summed E-state index contributed by atoms with van der Waals surface area (Å²) in [7, 11) is 0. The van der Waals surface area contributed by atoms with Crippen LogP contribution in [0.1, 0.15) is 38.5 Å². The van der Waals surface area contributed by atoms with Crippen molar-refractivity contribution in [2.75, 3.05) is 0 Å². The first-order valence-corrected chi connectivity index (χ1v) is 5.35. The molecule has 0 aromatic carbocycles. The zero-order valence-corrected chi connectivity index (χ0v) is 8.21. The van der Waals surface area contributed by atoms with Gasteiger partial charge in [0.05, 0.1) is 0 Å². The molecular weight excluding hydrogens is 180 g/mol. The molecule has 14 heavy (non-hydrogen) atoms. The van der Waals surface area contributed by atoms with Crippen molar-refractivity contribution in [1.82, 2.24) is 10.6 Å². The van der Waals surface area contributed by atoms with Gasteiger partial charge in [0.2, 0.25) is 11.8 Å². The van der Waals surface area contributed by atoms with E-state index in [1.54, 1.807) is 0 Å². The van der Waals surface area contributed by atoms with Crippen molar-refractivity contribution in [3.63, 3.8) is 0 Å². The molecule has 4 heteroatoms. The Kier molecular flexibility index (Phi) is 2.70. The zero-order valence-electron chi connectivity index (χ0n) is 8.21. The minimum atomic E-state index is -0.275. The third-order valence-corrected chi connectivity index (χ3v) is 3.01. The Hall–Kier alpha value is -1.06. The van der Waals surface area contributed by atoms with E-state index >= 15 is 0 Å². The molecule has 1 atom stereocenters. The van der Waals surface area contributed by atoms with Gasteiger partial charge in [-0.2, -0.15) is 0 Å². The lowest BCUT2D eigenvalue weighted by Crippen LogP contribution is -2.45. The molecule has 2 fully saturated rings. The molecular formula is C10H16N2O2. The van der Waals surface area contributed by atoms with Gasteiger partial charge >= 0.3 is 0 Å². The SMILES string of the molecule is O=C1CC[C@@H](C(=O)NC2CCCC2)N1. The summed E-state index contributed by atoms with van der Waals surface area (Å²) in [6.07, 6.45) is 5.74. The molecule has 0 radical (unpaired) electrons. The van der Waals surface area contributed by atoms with Crippen LogP contribution in [-0.2, 0) is 9.59 Å². The van der Waals surface area contributed by atoms with Crippen molar-refractivity contribution in [3.8, 4) is 0 Å². The average Bonchev–Trinajstić information content (AvgIpc) is 2.75. The van der Waals surface area contributed by atoms with Gasteiger partial charge in [-0.25, -0.2) is 0 Å². The average molecular weight is 196 g/mol. The largest absolute Gasteiger partial charge is 0.352 e. The summed E-state index contributed by atoms with van der Waals surface area (Å²) in [5.41, 5.74) is 0. The van der Waals surface area contributed by atoms with Crippen LogP contribution in [0.5, 0.6) is 0 Å². The van der Waals surface area contributed by atoms with Gasteiger partial charge < -0.3 is 10.6 Å². The van der Waals surface area contributed by atoms with Crippen molar-refractivity contribution in [1.29, 1.82) is 0 Å². The molecule has 4 nitrogen and oxygen atoms in total. The molecule has 0 spiro atoms. The fourth-order valence-corrected chi connectivity index (χ4v) is 2.18. The fraction of sp³-hybridized carbons (Fsp3) is 0.800. The van der Waals surface area contributed by atoms with E-state index in [1.807, 2.05) is 0 Å². The quantitative estimate of drug-likeness (QED) is 0.668. The maximum Gasteiger partial charge on any atom is 0.242 e. The lowest BCUT2D eigenvalue weighted by molar-refractivity contribution is -0.126. The van der Waals surface area contributed by atoms with Gasteiger partial charge in [0.1, 0.15) is 6.04 Å². The molecule has 1 saturated heterocycles. The topological polar surface area (TPSA) is 58.2 Å². The number of carbonyl (C=O) groups excluding carboxylic acids is 2. The maximum absolute atomic E-state index is 11.6. The zero-order chi connectivity index (χ0) is 9.97. The van der Waals surface area contributed by atoms with Crippen LogP contribution < -0.4 is 10.6 Å². The van der Waals surface area contributed by atoms with Crippen molar-refractivity contribution in [2.24, 2.45) is 0 Å². The highest BCUT2D eigenvalue weighted by molar-refractivity contribution is 5.90. The van der Waals surface area contributed by atoms with E-state index in [2.05, 4.69) is 10.6 Å². The van der Waals surface area contributed by atoms with Crippen molar-refractivity contribution in [2.45, 2.75) is 50.6 Å². The number of nitrogens with one attached hydrogen (secondary N) is 2. The number of carbonyl (C=O) groups is 2. The Balaban J connectivity index is 1.80. The number of rotatable bonds is 2. The van der Waals surface area contributed by atoms with Crippen LogP contribution in [0.3, 0.4) is 0 Å². The first kappa shape index (κ1) is 9.49. The van der Waals surface area contributed by atoms with Crippen molar-refractivity contribution >= 4 is 11.8 Å². The molecule has 1 aliphatic carbocycles. The summed E-state index contributed by atoms with van der Waals surface area (Å²) in [6, 6.07) is 0.0723. The third-order valence-electron chi connectivity index (χ3n) is 3.01. The number of amides is 2. The van der Waals surface area contributed by atoms with Crippen LogP contribution in [0, 0.1) is 0 Å². The lowest BCUT2D eigenvalue weighted by atomic mass is 10.2. The van der Waals surface area contributed by atoms with Gasteiger partial charge in [-0.1, -0.05) is 12.8 Å². The standard InChI is InChI=1S/C10H16N2O2/c13-9-6-5-8(12-9)10(14)11-7-3-1-2-4-7/h7-8H,1-6H2,(H,11,14)(H,12,13)/t8-/m0/s1. The molecule has 1 aliphatic heterocycles. The second-order valence-electron chi connectivity index (χ2n) is 4.15. The van der Waals surface area contributed by atoms with E-state index in [9.17, 15) is 9.59 Å². The van der Waals surface area contributed by atoms with Gasteiger partial charge in [0.25, 0.3) is 0 Å². The Bertz CT molecular complexity index is 247. The minimum absolute atomic E-state index is 0.00255. The molecule has 1 saturated carbocycles. The Morgan fingerprint density at radius 1 is 1.29 bits per heavy atom. The summed E-state index contributed by atoms with van der Waals surface area (Å²) in [5.74, 6) is -0.000628. The number of hydrogen-bond acceptors (Lipinski definition) is 2. The summed E-state index contributed by atoms with van der Waals surface area (Å²) in [4.78, 5) is 22.5. The fourth-order valence-electron chi connectivity index (χ4n) is 2.18. The Morgan fingerprint density at radius 3 is 2.57 bits per heavy atom. The molecule has 2 N–H and O–H groups in total. The first-order chi connectivity index (χ1) is 6.75. The van der Waals surface area contributed by atoms with Gasteiger partial charge in [-0.15, -0.1) is 0 Å². The van der Waals surface area contributed by atoms with E-state index in [4.69, 9.17) is 0 Å². The minimum Gasteiger partial charge on any atom is -0.352 e. The molecule has 2 amide bonds. The second kappa shape index (κ2) is 3.98. The van der Waals surface area contributed by atoms with Gasteiger partial charge in [0, 0.05) is 12.5 Å². The van der Waals surface area contributed by atoms with Crippen LogP contribution in [-0.4, -0.2) is 23.9 Å². The molecule has 0 aromatic rings. The highest BCUT2D eigenvalue weighted by Crippen LogP contribution is 2.18. The Labute approximate surface area is 83.4 Å². The summed E-state index contributed by atoms with van der Waals surface area (Å²) >= 11 is 0. The molecule has 0 unspecified atom stereocenters. The summed E-state index contributed by atoms with van der Waals surface area (Å²) in [6.45, 7) is 0. The van der Waals surface area contributed by atoms with Crippen LogP contribution in [0.4, 0.5) is 0 Å². The summed E-state index contributed by atoms with van der Waals surface area (Å²) in [5, 5.41) is 5.66. The normalized spacial score (nSPS) is 27.7. The van der Waals surface area contributed by atoms with Crippen LogP contribution in [0.2, 0.25) is 0 Å². The highest BCUT2D eigenvalue weighted by atomic mass is 16.2. The highest BCUT2D eigenvalue weighted by Gasteiger charge is 2.28. The van der Waals surface area contributed by atoms with Crippen molar-refractivity contribution in [3.05, 3.63) is 0 Å². The number of hydrogen-bond donors (Lipinski definition) is 2. The molecule has 2 rings (SSSR count). The van der Waals surface area contributed by atoms with Crippen LogP contribution in [0.25, 0.3) is 0 Å². The van der Waals surface area contributed by atoms with Crippen LogP contribution >= 0.6 is 0 Å². The molecule has 0 aromatic heterocycles. The van der Waals surface area contributed by atoms with E-state index in [0.29, 0.717) is 18.9 Å². The Morgan fingerprint density at radius 2 is 2.00 bits per heavy atom. The predicted octanol–water partition coefficient (Wildman–Crippen LogP) is 0.324. The van der Waals surface area contributed by atoms with Gasteiger partial charge in [-0.3, -0.25) is 9.59 Å². The molecule has 0 bridgehead atoms. The van der Waals surface area contributed by atoms with Crippen molar-refractivity contribution < 1.29 is 9.59 Å². The second-order valence-corrected chi connectivity index (χ2v) is 4.15. The monoisotopic (exact) mass is 196 g/mol. The van der Waals surface area contributed by atoms with Gasteiger partial charge in [0.15, 0.2) is 0 Å². The third kappa shape index (κ3) is 2.05.